The number of benzene rings is 2. The number of hydrogen-bond donors (Lipinski definition) is 0. The van der Waals surface area contributed by atoms with Crippen molar-refractivity contribution in [2.75, 3.05) is 0 Å². The van der Waals surface area contributed by atoms with E-state index >= 15 is 0 Å². The van der Waals surface area contributed by atoms with E-state index < -0.39 is 0 Å². The number of carbonyl (C=O) groups excluding carboxylic acids is 1. The highest BCUT2D eigenvalue weighted by atomic mass is 32.2. The zero-order valence-electron chi connectivity index (χ0n) is 12.3. The lowest BCUT2D eigenvalue weighted by Gasteiger charge is -2.23. The molecule has 0 spiro atoms. The number of rotatable bonds is 3. The number of ketones is 1. The van der Waals surface area contributed by atoms with Gasteiger partial charge in [0.05, 0.1) is 16.4 Å². The zero-order chi connectivity index (χ0) is 15.6. The van der Waals surface area contributed by atoms with Crippen molar-refractivity contribution in [3.05, 3.63) is 100 Å². The van der Waals surface area contributed by atoms with Gasteiger partial charge in [0.15, 0.2) is 5.78 Å². The maximum absolute atomic E-state index is 12.8. The van der Waals surface area contributed by atoms with Crippen LogP contribution in [0.25, 0.3) is 6.08 Å². The number of carbonyl (C=O) groups is 1. The molecule has 0 fully saturated rings. The maximum atomic E-state index is 12.8. The number of Topliss-reactive ketones (excluding diaryl/α,β-unsaturated/α-hetero) is 1. The van der Waals surface area contributed by atoms with Gasteiger partial charge in [-0.2, -0.15) is 0 Å². The molecule has 0 N–H and O–H groups in total. The van der Waals surface area contributed by atoms with Crippen LogP contribution in [0, 0.1) is 0 Å². The van der Waals surface area contributed by atoms with E-state index in [1.807, 2.05) is 66.7 Å². The molecular weight excluding hydrogens is 304 g/mol. The van der Waals surface area contributed by atoms with Crippen molar-refractivity contribution in [3.8, 4) is 0 Å². The molecule has 2 aromatic carbocycles. The molecular formula is C20H14O2S. The van der Waals surface area contributed by atoms with Gasteiger partial charge in [-0.15, -0.1) is 11.8 Å². The van der Waals surface area contributed by atoms with Crippen LogP contribution in [-0.4, -0.2) is 5.78 Å². The molecule has 4 rings (SSSR count). The van der Waals surface area contributed by atoms with Crippen LogP contribution in [0.15, 0.2) is 82.3 Å². The van der Waals surface area contributed by atoms with Gasteiger partial charge in [0.1, 0.15) is 5.76 Å². The normalized spacial score (nSPS) is 16.5. The van der Waals surface area contributed by atoms with Gasteiger partial charge < -0.3 is 4.42 Å². The molecule has 0 saturated heterocycles. The fourth-order valence-electron chi connectivity index (χ4n) is 2.75. The van der Waals surface area contributed by atoms with Crippen molar-refractivity contribution in [2.24, 2.45) is 0 Å². The van der Waals surface area contributed by atoms with Crippen molar-refractivity contribution < 1.29 is 9.21 Å². The van der Waals surface area contributed by atoms with E-state index in [1.165, 1.54) is 5.56 Å². The van der Waals surface area contributed by atoms with E-state index in [1.54, 1.807) is 18.0 Å². The standard InChI is InChI=1S/C20H14O2S/c21-19(14-7-2-1-3-8-14)18-13-15-9-4-5-10-16(15)20(23-18)17-11-6-12-22-17/h1-13,20H. The maximum Gasteiger partial charge on any atom is 0.199 e. The lowest BCUT2D eigenvalue weighted by Crippen LogP contribution is -2.09. The smallest absolute Gasteiger partial charge is 0.199 e. The lowest BCUT2D eigenvalue weighted by molar-refractivity contribution is 0.104. The summed E-state index contributed by atoms with van der Waals surface area (Å²) in [5.74, 6) is 0.926. The van der Waals surface area contributed by atoms with Crippen LogP contribution in [0.3, 0.4) is 0 Å². The average Bonchev–Trinajstić information content (AvgIpc) is 3.15. The molecule has 0 bridgehead atoms. The van der Waals surface area contributed by atoms with E-state index in [9.17, 15) is 4.79 Å². The number of hydrogen-bond acceptors (Lipinski definition) is 3. The van der Waals surface area contributed by atoms with Crippen molar-refractivity contribution in [1.29, 1.82) is 0 Å². The summed E-state index contributed by atoms with van der Waals surface area (Å²) in [5.41, 5.74) is 2.97. The summed E-state index contributed by atoms with van der Waals surface area (Å²) in [5, 5.41) is 0.00821. The monoisotopic (exact) mass is 318 g/mol. The first kappa shape index (κ1) is 14.1. The van der Waals surface area contributed by atoms with Gasteiger partial charge in [-0.1, -0.05) is 54.6 Å². The Morgan fingerprint density at radius 1 is 0.913 bits per heavy atom. The van der Waals surface area contributed by atoms with Gasteiger partial charge in [-0.05, 0) is 29.3 Å². The second kappa shape index (κ2) is 5.94. The summed E-state index contributed by atoms with van der Waals surface area (Å²) >= 11 is 1.55. The second-order valence-electron chi connectivity index (χ2n) is 5.35. The van der Waals surface area contributed by atoms with Gasteiger partial charge in [-0.3, -0.25) is 4.79 Å². The van der Waals surface area contributed by atoms with Crippen molar-refractivity contribution >= 4 is 23.6 Å². The van der Waals surface area contributed by atoms with E-state index in [2.05, 4.69) is 6.07 Å². The molecule has 23 heavy (non-hydrogen) atoms. The predicted octanol–water partition coefficient (Wildman–Crippen LogP) is 5.34. The number of thioether (sulfide) groups is 1. The van der Waals surface area contributed by atoms with Crippen molar-refractivity contribution in [1.82, 2.24) is 0 Å². The molecule has 3 heteroatoms. The Kier molecular flexibility index (Phi) is 3.64. The summed E-state index contributed by atoms with van der Waals surface area (Å²) in [4.78, 5) is 13.6. The van der Waals surface area contributed by atoms with Gasteiger partial charge in [-0.25, -0.2) is 0 Å². The summed E-state index contributed by atoms with van der Waals surface area (Å²) in [7, 11) is 0. The molecule has 112 valence electrons. The molecule has 3 aromatic rings. The molecule has 1 aliphatic rings. The van der Waals surface area contributed by atoms with Crippen molar-refractivity contribution in [2.45, 2.75) is 5.25 Å². The van der Waals surface area contributed by atoms with E-state index in [4.69, 9.17) is 4.42 Å². The first-order chi connectivity index (χ1) is 11.3. The fourth-order valence-corrected chi connectivity index (χ4v) is 4.02. The van der Waals surface area contributed by atoms with Crippen LogP contribution in [0.5, 0.6) is 0 Å². The summed E-state index contributed by atoms with van der Waals surface area (Å²) in [6.07, 6.45) is 3.66. The van der Waals surface area contributed by atoms with Crippen LogP contribution >= 0.6 is 11.8 Å². The average molecular weight is 318 g/mol. The van der Waals surface area contributed by atoms with Crippen LogP contribution in [0.2, 0.25) is 0 Å². The molecule has 0 aliphatic carbocycles. The predicted molar refractivity (Wildman–Crippen MR) is 93.3 cm³/mol. The first-order valence-corrected chi connectivity index (χ1v) is 8.31. The van der Waals surface area contributed by atoms with Crippen LogP contribution in [0.4, 0.5) is 0 Å². The summed E-state index contributed by atoms with van der Waals surface area (Å²) in [6, 6.07) is 21.4. The number of furan rings is 1. The van der Waals surface area contributed by atoms with Crippen LogP contribution in [-0.2, 0) is 0 Å². The third kappa shape index (κ3) is 2.64. The van der Waals surface area contributed by atoms with Gasteiger partial charge in [0, 0.05) is 5.56 Å². The molecule has 1 aliphatic heterocycles. The second-order valence-corrected chi connectivity index (χ2v) is 6.49. The van der Waals surface area contributed by atoms with Crippen LogP contribution < -0.4 is 0 Å². The lowest BCUT2D eigenvalue weighted by atomic mass is 10.0. The molecule has 0 radical (unpaired) electrons. The highest BCUT2D eigenvalue weighted by Crippen LogP contribution is 2.47. The van der Waals surface area contributed by atoms with Gasteiger partial charge in [0.25, 0.3) is 0 Å². The molecule has 2 heterocycles. The van der Waals surface area contributed by atoms with E-state index in [-0.39, 0.29) is 11.0 Å². The molecule has 1 unspecified atom stereocenters. The van der Waals surface area contributed by atoms with Crippen LogP contribution in [0.1, 0.15) is 32.5 Å². The van der Waals surface area contributed by atoms with E-state index in [0.717, 1.165) is 16.2 Å². The minimum Gasteiger partial charge on any atom is -0.468 e. The Bertz CT molecular complexity index is 864. The molecule has 1 atom stereocenters. The van der Waals surface area contributed by atoms with E-state index in [0.29, 0.717) is 5.56 Å². The Morgan fingerprint density at radius 3 is 2.48 bits per heavy atom. The van der Waals surface area contributed by atoms with Gasteiger partial charge in [0.2, 0.25) is 0 Å². The number of fused-ring (bicyclic) bond motifs is 1. The zero-order valence-corrected chi connectivity index (χ0v) is 13.1. The summed E-state index contributed by atoms with van der Waals surface area (Å²) < 4.78 is 5.60. The Labute approximate surface area is 138 Å². The minimum atomic E-state index is 0.00821. The Hall–Kier alpha value is -2.52. The highest BCUT2D eigenvalue weighted by molar-refractivity contribution is 8.04. The Balaban J connectivity index is 1.78. The first-order valence-electron chi connectivity index (χ1n) is 7.43. The third-order valence-corrected chi connectivity index (χ3v) is 5.15. The molecule has 2 nitrogen and oxygen atoms in total. The molecule has 0 saturated carbocycles. The molecule has 1 aromatic heterocycles. The van der Waals surface area contributed by atoms with Gasteiger partial charge >= 0.3 is 0 Å². The number of allylic oxidation sites excluding steroid dienone is 1. The minimum absolute atomic E-state index is 0.00821. The quantitative estimate of drug-likeness (QED) is 0.611. The molecule has 0 amide bonds. The third-order valence-electron chi connectivity index (χ3n) is 3.87. The summed E-state index contributed by atoms with van der Waals surface area (Å²) in [6.45, 7) is 0. The Morgan fingerprint density at radius 2 is 1.70 bits per heavy atom. The fraction of sp³-hybridized carbons (Fsp3) is 0.0500. The highest BCUT2D eigenvalue weighted by Gasteiger charge is 2.28. The SMILES string of the molecule is O=C(C1=Cc2ccccc2C(c2ccco2)S1)c1ccccc1. The topological polar surface area (TPSA) is 30.2 Å². The van der Waals surface area contributed by atoms with Crippen molar-refractivity contribution in [3.63, 3.8) is 0 Å². The largest absolute Gasteiger partial charge is 0.468 e.